The maximum atomic E-state index is 11.4. The average Bonchev–Trinajstić information content (AvgIpc) is 2.14. The fraction of sp³-hybridized carbons (Fsp3) is 0.364. The van der Waals surface area contributed by atoms with Crippen LogP contribution >= 0.6 is 0 Å². The zero-order chi connectivity index (χ0) is 13.1. The second-order valence-corrected chi connectivity index (χ2v) is 5.60. The van der Waals surface area contributed by atoms with Gasteiger partial charge in [0.2, 0.25) is 10.0 Å². The molecule has 0 bridgehead atoms. The minimum Gasteiger partial charge on any atom is -0.480 e. The molecule has 5 nitrogen and oxygen atoms in total. The summed E-state index contributed by atoms with van der Waals surface area (Å²) >= 11 is 0. The highest BCUT2D eigenvalue weighted by Crippen LogP contribution is 2.17. The van der Waals surface area contributed by atoms with E-state index < -0.39 is 27.8 Å². The lowest BCUT2D eigenvalue weighted by Crippen LogP contribution is -2.32. The number of carboxylic acids is 1. The third-order valence-electron chi connectivity index (χ3n) is 2.32. The van der Waals surface area contributed by atoms with Gasteiger partial charge in [0.25, 0.3) is 0 Å². The first-order chi connectivity index (χ1) is 7.82. The van der Waals surface area contributed by atoms with E-state index >= 15 is 0 Å². The summed E-state index contributed by atoms with van der Waals surface area (Å²) in [5.41, 5.74) is 1.79. The number of rotatable bonds is 5. The van der Waals surface area contributed by atoms with Crippen molar-refractivity contribution in [3.63, 3.8) is 0 Å². The van der Waals surface area contributed by atoms with Gasteiger partial charge in [-0.15, -0.1) is 0 Å². The van der Waals surface area contributed by atoms with Gasteiger partial charge in [0.05, 0.1) is 0 Å². The van der Waals surface area contributed by atoms with Gasteiger partial charge < -0.3 is 5.11 Å². The Morgan fingerprint density at radius 3 is 2.53 bits per heavy atom. The van der Waals surface area contributed by atoms with Crippen LogP contribution in [0.4, 0.5) is 0 Å². The number of hydrogen-bond donors (Lipinski definition) is 2. The van der Waals surface area contributed by atoms with Crippen LogP contribution in [0.2, 0.25) is 0 Å². The van der Waals surface area contributed by atoms with Gasteiger partial charge in [-0.25, -0.2) is 13.1 Å². The molecular weight excluding hydrogens is 242 g/mol. The molecule has 0 radical (unpaired) electrons. The number of hydrogen-bond acceptors (Lipinski definition) is 3. The molecule has 1 atom stereocenters. The van der Waals surface area contributed by atoms with Crippen molar-refractivity contribution in [2.75, 3.05) is 5.75 Å². The van der Waals surface area contributed by atoms with Crippen LogP contribution < -0.4 is 4.72 Å². The molecule has 0 heterocycles. The lowest BCUT2D eigenvalue weighted by atomic mass is 10.0. The molecule has 0 aromatic heterocycles. The van der Waals surface area contributed by atoms with E-state index in [1.807, 2.05) is 31.2 Å². The molecule has 17 heavy (non-hydrogen) atoms. The highest BCUT2D eigenvalue weighted by Gasteiger charge is 2.19. The van der Waals surface area contributed by atoms with Crippen LogP contribution in [0.3, 0.4) is 0 Å². The Kier molecular flexibility index (Phi) is 4.25. The monoisotopic (exact) mass is 257 g/mol. The zero-order valence-corrected chi connectivity index (χ0v) is 10.5. The van der Waals surface area contributed by atoms with Crippen molar-refractivity contribution in [2.45, 2.75) is 19.9 Å². The molecule has 0 amide bonds. The van der Waals surface area contributed by atoms with Crippen LogP contribution in [0.1, 0.15) is 24.1 Å². The van der Waals surface area contributed by atoms with Crippen molar-refractivity contribution in [1.82, 2.24) is 4.72 Å². The molecule has 1 aromatic rings. The molecule has 1 aromatic carbocycles. The first kappa shape index (κ1) is 13.7. The number of sulfonamides is 1. The Morgan fingerprint density at radius 1 is 1.41 bits per heavy atom. The Labute approximate surface area is 101 Å². The van der Waals surface area contributed by atoms with Gasteiger partial charge in [0, 0.05) is 6.04 Å². The van der Waals surface area contributed by atoms with E-state index in [9.17, 15) is 13.2 Å². The third-order valence-corrected chi connectivity index (χ3v) is 3.66. The normalized spacial score (nSPS) is 13.3. The van der Waals surface area contributed by atoms with Gasteiger partial charge >= 0.3 is 5.97 Å². The standard InChI is InChI=1S/C11H15NO4S/c1-8-5-3-4-6-10(8)9(2)12-17(15,16)7-11(13)14/h3-6,9,12H,7H2,1-2H3,(H,13,14)/t9-/m1/s1. The zero-order valence-electron chi connectivity index (χ0n) is 9.67. The maximum absolute atomic E-state index is 11.4. The Morgan fingerprint density at radius 2 is 2.00 bits per heavy atom. The molecule has 2 N–H and O–H groups in total. The van der Waals surface area contributed by atoms with Crippen LogP contribution in [-0.2, 0) is 14.8 Å². The first-order valence-electron chi connectivity index (χ1n) is 5.09. The Balaban J connectivity index is 2.83. The number of aliphatic carboxylic acids is 1. The lowest BCUT2D eigenvalue weighted by molar-refractivity contribution is -0.134. The van der Waals surface area contributed by atoms with Crippen molar-refractivity contribution < 1.29 is 18.3 Å². The number of carbonyl (C=O) groups is 1. The molecule has 0 saturated carbocycles. The maximum Gasteiger partial charge on any atom is 0.320 e. The summed E-state index contributed by atoms with van der Waals surface area (Å²) < 4.78 is 25.2. The molecular formula is C11H15NO4S. The molecule has 0 aliphatic carbocycles. The van der Waals surface area contributed by atoms with Crippen LogP contribution in [0.15, 0.2) is 24.3 Å². The van der Waals surface area contributed by atoms with Gasteiger partial charge in [-0.3, -0.25) is 4.79 Å². The quantitative estimate of drug-likeness (QED) is 0.826. The lowest BCUT2D eigenvalue weighted by Gasteiger charge is -2.15. The number of aryl methyl sites for hydroxylation is 1. The average molecular weight is 257 g/mol. The fourth-order valence-electron chi connectivity index (χ4n) is 1.61. The van der Waals surface area contributed by atoms with E-state index in [2.05, 4.69) is 4.72 Å². The van der Waals surface area contributed by atoms with Gasteiger partial charge in [0.1, 0.15) is 0 Å². The molecule has 94 valence electrons. The largest absolute Gasteiger partial charge is 0.480 e. The van der Waals surface area contributed by atoms with Crippen LogP contribution in [0.25, 0.3) is 0 Å². The molecule has 1 rings (SSSR count). The molecule has 0 aliphatic rings. The summed E-state index contributed by atoms with van der Waals surface area (Å²) in [4.78, 5) is 10.4. The smallest absolute Gasteiger partial charge is 0.320 e. The SMILES string of the molecule is Cc1ccccc1[C@@H](C)NS(=O)(=O)CC(=O)O. The summed E-state index contributed by atoms with van der Waals surface area (Å²) in [6.45, 7) is 3.55. The second kappa shape index (κ2) is 5.29. The topological polar surface area (TPSA) is 83.5 Å². The molecule has 0 unspecified atom stereocenters. The Bertz CT molecular complexity index is 510. The molecule has 0 saturated heterocycles. The minimum atomic E-state index is -3.79. The number of benzene rings is 1. The first-order valence-corrected chi connectivity index (χ1v) is 6.74. The molecule has 0 fully saturated rings. The van der Waals surface area contributed by atoms with E-state index in [1.165, 1.54) is 0 Å². The summed E-state index contributed by atoms with van der Waals surface area (Å²) in [5, 5.41) is 8.47. The van der Waals surface area contributed by atoms with Crippen molar-refractivity contribution in [1.29, 1.82) is 0 Å². The number of nitrogens with one attached hydrogen (secondary N) is 1. The summed E-state index contributed by atoms with van der Waals surface area (Å²) in [7, 11) is -3.79. The van der Waals surface area contributed by atoms with Crippen molar-refractivity contribution in [3.8, 4) is 0 Å². The van der Waals surface area contributed by atoms with Crippen molar-refractivity contribution >= 4 is 16.0 Å². The molecule has 0 aliphatic heterocycles. The van der Waals surface area contributed by atoms with Gasteiger partial charge in [-0.2, -0.15) is 0 Å². The molecule has 0 spiro atoms. The summed E-state index contributed by atoms with van der Waals surface area (Å²) in [6.07, 6.45) is 0. The van der Waals surface area contributed by atoms with E-state index in [0.717, 1.165) is 11.1 Å². The van der Waals surface area contributed by atoms with Gasteiger partial charge in [0.15, 0.2) is 5.75 Å². The van der Waals surface area contributed by atoms with Gasteiger partial charge in [-0.1, -0.05) is 24.3 Å². The van der Waals surface area contributed by atoms with E-state index in [4.69, 9.17) is 5.11 Å². The van der Waals surface area contributed by atoms with E-state index in [1.54, 1.807) is 6.92 Å². The third kappa shape index (κ3) is 4.16. The highest BCUT2D eigenvalue weighted by molar-refractivity contribution is 7.90. The Hall–Kier alpha value is -1.40. The second-order valence-electron chi connectivity index (χ2n) is 3.85. The minimum absolute atomic E-state index is 0.444. The number of carboxylic acid groups (broad SMARTS) is 1. The van der Waals surface area contributed by atoms with E-state index in [-0.39, 0.29) is 0 Å². The van der Waals surface area contributed by atoms with E-state index in [0.29, 0.717) is 0 Å². The van der Waals surface area contributed by atoms with Crippen molar-refractivity contribution in [2.24, 2.45) is 0 Å². The predicted octanol–water partition coefficient (Wildman–Crippen LogP) is 1.06. The molecule has 6 heteroatoms. The van der Waals surface area contributed by atoms with Crippen LogP contribution in [0.5, 0.6) is 0 Å². The fourth-order valence-corrected chi connectivity index (χ4v) is 2.68. The predicted molar refractivity (Wildman–Crippen MR) is 64.2 cm³/mol. The van der Waals surface area contributed by atoms with Crippen molar-refractivity contribution in [3.05, 3.63) is 35.4 Å². The van der Waals surface area contributed by atoms with Crippen LogP contribution in [-0.4, -0.2) is 25.2 Å². The highest BCUT2D eigenvalue weighted by atomic mass is 32.2. The summed E-state index contributed by atoms with van der Waals surface area (Å²) in [5.74, 6) is -2.28. The van der Waals surface area contributed by atoms with Crippen LogP contribution in [0, 0.1) is 6.92 Å². The summed E-state index contributed by atoms with van der Waals surface area (Å²) in [6, 6.07) is 6.91. The van der Waals surface area contributed by atoms with Gasteiger partial charge in [-0.05, 0) is 25.0 Å².